The number of hydrogen-bond donors (Lipinski definition) is 0. The third kappa shape index (κ3) is 3.89. The van der Waals surface area contributed by atoms with Gasteiger partial charge in [0.1, 0.15) is 11.9 Å². The Balaban J connectivity index is 1.67. The predicted octanol–water partition coefficient (Wildman–Crippen LogP) is 3.78. The lowest BCUT2D eigenvalue weighted by Gasteiger charge is -2.27. The lowest BCUT2D eigenvalue weighted by Crippen LogP contribution is -2.46. The van der Waals surface area contributed by atoms with Crippen LogP contribution < -0.4 is 0 Å². The molecule has 0 bridgehead atoms. The summed E-state index contributed by atoms with van der Waals surface area (Å²) in [5.41, 5.74) is -0.0494. The number of esters is 1. The van der Waals surface area contributed by atoms with E-state index < -0.39 is 38.3 Å². The zero-order chi connectivity index (χ0) is 23.3. The van der Waals surface area contributed by atoms with Crippen LogP contribution in [0.1, 0.15) is 24.8 Å². The Bertz CT molecular complexity index is 1180. The molecule has 1 aliphatic heterocycles. The maximum Gasteiger partial charge on any atom is 0.328 e. The summed E-state index contributed by atoms with van der Waals surface area (Å²) in [5.74, 6) is -1.67. The molecule has 0 radical (unpaired) electrons. The number of carbonyl (C=O) groups excluding carboxylic acids is 2. The third-order valence-electron chi connectivity index (χ3n) is 6.19. The lowest BCUT2D eigenvalue weighted by molar-refractivity contribution is -0.151. The molecular formula is C22H20Cl2FNO5S. The van der Waals surface area contributed by atoms with E-state index in [0.29, 0.717) is 17.9 Å². The first-order valence-electron chi connectivity index (χ1n) is 9.94. The Labute approximate surface area is 195 Å². The van der Waals surface area contributed by atoms with Gasteiger partial charge >= 0.3 is 5.97 Å². The summed E-state index contributed by atoms with van der Waals surface area (Å²) in [5, 5.41) is -0.795. The molecule has 1 heterocycles. The zero-order valence-electron chi connectivity index (χ0n) is 17.1. The molecule has 6 nitrogen and oxygen atoms in total. The van der Waals surface area contributed by atoms with Gasteiger partial charge in [0, 0.05) is 11.6 Å². The highest BCUT2D eigenvalue weighted by Gasteiger charge is 2.57. The molecule has 170 valence electrons. The number of nitrogens with zero attached hydrogens (tertiary/aromatic N) is 1. The molecular weight excluding hydrogens is 480 g/mol. The van der Waals surface area contributed by atoms with Crippen molar-refractivity contribution in [3.05, 3.63) is 63.9 Å². The summed E-state index contributed by atoms with van der Waals surface area (Å²) in [4.78, 5) is 27.1. The van der Waals surface area contributed by atoms with Crippen LogP contribution >= 0.6 is 23.2 Å². The molecule has 0 spiro atoms. The van der Waals surface area contributed by atoms with E-state index in [0.717, 1.165) is 23.8 Å². The van der Waals surface area contributed by atoms with Gasteiger partial charge in [-0.15, -0.1) is 0 Å². The Morgan fingerprint density at radius 2 is 1.78 bits per heavy atom. The number of ether oxygens (including phenoxy) is 1. The smallest absolute Gasteiger partial charge is 0.328 e. The maximum absolute atomic E-state index is 13.6. The van der Waals surface area contributed by atoms with Crippen molar-refractivity contribution in [2.75, 3.05) is 13.7 Å². The molecule has 1 saturated carbocycles. The van der Waals surface area contributed by atoms with E-state index in [1.165, 1.54) is 12.0 Å². The molecule has 1 amide bonds. The van der Waals surface area contributed by atoms with Crippen molar-refractivity contribution in [1.82, 2.24) is 4.90 Å². The lowest BCUT2D eigenvalue weighted by atomic mass is 9.94. The van der Waals surface area contributed by atoms with Crippen molar-refractivity contribution in [1.29, 1.82) is 0 Å². The fourth-order valence-corrected chi connectivity index (χ4v) is 6.64. The second kappa shape index (κ2) is 8.32. The van der Waals surface area contributed by atoms with Gasteiger partial charge in [-0.05, 0) is 55.2 Å². The van der Waals surface area contributed by atoms with Gasteiger partial charge in [-0.2, -0.15) is 0 Å². The van der Waals surface area contributed by atoms with Crippen molar-refractivity contribution in [2.45, 2.75) is 40.9 Å². The molecule has 2 atom stereocenters. The van der Waals surface area contributed by atoms with Crippen LogP contribution in [0.15, 0.2) is 47.4 Å². The van der Waals surface area contributed by atoms with Crippen LogP contribution in [0.4, 0.5) is 4.39 Å². The first kappa shape index (κ1) is 23.0. The van der Waals surface area contributed by atoms with Crippen LogP contribution in [0.3, 0.4) is 0 Å². The molecule has 2 aliphatic rings. The Morgan fingerprint density at radius 3 is 2.34 bits per heavy atom. The number of rotatable bonds is 5. The van der Waals surface area contributed by atoms with Gasteiger partial charge in [0.2, 0.25) is 5.91 Å². The van der Waals surface area contributed by atoms with Crippen LogP contribution in [0.5, 0.6) is 0 Å². The van der Waals surface area contributed by atoms with Gasteiger partial charge in [0.05, 0.1) is 27.7 Å². The summed E-state index contributed by atoms with van der Waals surface area (Å²) in [6.07, 6.45) is 1.03. The number of methoxy groups -OCH3 is 1. The van der Waals surface area contributed by atoms with Crippen LogP contribution in [0.25, 0.3) is 0 Å². The second-order valence-electron chi connectivity index (χ2n) is 8.06. The number of halogens is 3. The van der Waals surface area contributed by atoms with E-state index in [9.17, 15) is 22.4 Å². The van der Waals surface area contributed by atoms with Gasteiger partial charge in [-0.1, -0.05) is 35.3 Å². The highest BCUT2D eigenvalue weighted by molar-refractivity contribution is 7.92. The van der Waals surface area contributed by atoms with Crippen molar-refractivity contribution in [3.8, 4) is 0 Å². The Kier molecular flexibility index (Phi) is 5.98. The van der Waals surface area contributed by atoms with E-state index in [1.54, 1.807) is 24.3 Å². The summed E-state index contributed by atoms with van der Waals surface area (Å²) < 4.78 is 44.8. The van der Waals surface area contributed by atoms with E-state index >= 15 is 0 Å². The molecule has 2 aromatic carbocycles. The van der Waals surface area contributed by atoms with Gasteiger partial charge in [-0.25, -0.2) is 17.6 Å². The molecule has 0 aromatic heterocycles. The number of carbonyl (C=O) groups is 2. The summed E-state index contributed by atoms with van der Waals surface area (Å²) in [7, 11) is -2.85. The maximum atomic E-state index is 13.6. The van der Waals surface area contributed by atoms with Gasteiger partial charge in [0.15, 0.2) is 9.84 Å². The van der Waals surface area contributed by atoms with Gasteiger partial charge < -0.3 is 9.64 Å². The molecule has 1 saturated heterocycles. The SMILES string of the molecule is COC(=O)C1CC(S(=O)(=O)c2ccc(F)cc2Cl)CN1C(=O)C1(c2ccc(Cl)cc2)CC1. The van der Waals surface area contributed by atoms with Crippen LogP contribution in [-0.4, -0.2) is 50.1 Å². The van der Waals surface area contributed by atoms with Crippen molar-refractivity contribution < 1.29 is 27.1 Å². The van der Waals surface area contributed by atoms with Crippen LogP contribution in [-0.2, 0) is 29.6 Å². The highest BCUT2D eigenvalue weighted by Crippen LogP contribution is 2.51. The Hall–Kier alpha value is -2.16. The van der Waals surface area contributed by atoms with Crippen molar-refractivity contribution in [2.24, 2.45) is 0 Å². The summed E-state index contributed by atoms with van der Waals surface area (Å²) in [6, 6.07) is 8.90. The minimum absolute atomic E-state index is 0.134. The fraction of sp³-hybridized carbons (Fsp3) is 0.364. The molecule has 2 unspecified atom stereocenters. The first-order chi connectivity index (χ1) is 15.1. The summed E-state index contributed by atoms with van der Waals surface area (Å²) in [6.45, 7) is -0.190. The molecule has 10 heteroatoms. The minimum atomic E-state index is -4.04. The Morgan fingerprint density at radius 1 is 1.12 bits per heavy atom. The zero-order valence-corrected chi connectivity index (χ0v) is 19.4. The van der Waals surface area contributed by atoms with E-state index in [2.05, 4.69) is 0 Å². The number of amides is 1. The molecule has 2 fully saturated rings. The van der Waals surface area contributed by atoms with Crippen LogP contribution in [0.2, 0.25) is 10.0 Å². The first-order valence-corrected chi connectivity index (χ1v) is 12.2. The van der Waals surface area contributed by atoms with Crippen LogP contribution in [0, 0.1) is 5.82 Å². The fourth-order valence-electron chi connectivity index (χ4n) is 4.29. The summed E-state index contributed by atoms with van der Waals surface area (Å²) >= 11 is 12.0. The van der Waals surface area contributed by atoms with Gasteiger partial charge in [0.25, 0.3) is 0 Å². The topological polar surface area (TPSA) is 80.8 Å². The molecule has 4 rings (SSSR count). The number of sulfone groups is 1. The average Bonchev–Trinajstić information content (AvgIpc) is 3.43. The monoisotopic (exact) mass is 499 g/mol. The molecule has 32 heavy (non-hydrogen) atoms. The van der Waals surface area contributed by atoms with Gasteiger partial charge in [-0.3, -0.25) is 4.79 Å². The third-order valence-corrected chi connectivity index (χ3v) is 9.06. The normalized spacial score (nSPS) is 21.9. The largest absolute Gasteiger partial charge is 0.467 e. The number of benzene rings is 2. The standard InChI is InChI=1S/C22H20Cl2FNO5S/c1-31-20(27)18-11-16(32(29,30)19-7-6-15(25)10-17(19)24)12-26(18)21(28)22(8-9-22)13-2-4-14(23)5-3-13/h2-7,10,16,18H,8-9,11-12H2,1H3. The number of hydrogen-bond acceptors (Lipinski definition) is 5. The van der Waals surface area contributed by atoms with Crippen molar-refractivity contribution >= 4 is 44.9 Å². The van der Waals surface area contributed by atoms with E-state index in [4.69, 9.17) is 27.9 Å². The number of likely N-dealkylation sites (tertiary alicyclic amines) is 1. The quantitative estimate of drug-likeness (QED) is 0.461. The van der Waals surface area contributed by atoms with E-state index in [1.807, 2.05) is 0 Å². The predicted molar refractivity (Wildman–Crippen MR) is 117 cm³/mol. The molecule has 0 N–H and O–H groups in total. The van der Waals surface area contributed by atoms with Crippen molar-refractivity contribution in [3.63, 3.8) is 0 Å². The molecule has 1 aliphatic carbocycles. The average molecular weight is 500 g/mol. The highest BCUT2D eigenvalue weighted by atomic mass is 35.5. The minimum Gasteiger partial charge on any atom is -0.467 e. The van der Waals surface area contributed by atoms with E-state index in [-0.39, 0.29) is 28.8 Å². The molecule has 2 aromatic rings. The second-order valence-corrected chi connectivity index (χ2v) is 11.1.